The van der Waals surface area contributed by atoms with Crippen molar-refractivity contribution < 1.29 is 4.79 Å². The number of ketones is 1. The number of hydrogen-bond acceptors (Lipinski definition) is 5. The number of Topliss-reactive ketones (excluding diaryl/α,β-unsaturated/α-hetero) is 1. The van der Waals surface area contributed by atoms with Gasteiger partial charge in [-0.1, -0.05) is 47.0 Å². The third-order valence-corrected chi connectivity index (χ3v) is 6.50. The first-order chi connectivity index (χ1) is 12.2. The van der Waals surface area contributed by atoms with Crippen LogP contribution in [0, 0.1) is 5.92 Å². The molecule has 1 heterocycles. The molecular weight excluding hydrogens is 400 g/mol. The predicted octanol–water partition coefficient (Wildman–Crippen LogP) is 4.83. The minimum absolute atomic E-state index is 0.190. The van der Waals surface area contributed by atoms with Crippen LogP contribution in [0.2, 0.25) is 0 Å². The van der Waals surface area contributed by atoms with Crippen LogP contribution in [0.1, 0.15) is 66.9 Å². The highest BCUT2D eigenvalue weighted by Crippen LogP contribution is 2.37. The lowest BCUT2D eigenvalue weighted by atomic mass is 9.83. The van der Waals surface area contributed by atoms with Crippen LogP contribution in [0.5, 0.6) is 0 Å². The molecule has 2 aliphatic rings. The first-order valence-electron chi connectivity index (χ1n) is 8.95. The maximum atomic E-state index is 13.0. The highest BCUT2D eigenvalue weighted by Gasteiger charge is 2.28. The molecule has 7 heteroatoms. The van der Waals surface area contributed by atoms with Crippen molar-refractivity contribution in [1.82, 2.24) is 20.2 Å². The van der Waals surface area contributed by atoms with E-state index in [4.69, 9.17) is 0 Å². The van der Waals surface area contributed by atoms with Crippen LogP contribution in [-0.4, -0.2) is 26.0 Å². The van der Waals surface area contributed by atoms with Crippen molar-refractivity contribution in [2.24, 2.45) is 5.92 Å². The quantitative estimate of drug-likeness (QED) is 0.494. The maximum Gasteiger partial charge on any atom is 0.209 e. The van der Waals surface area contributed by atoms with E-state index in [9.17, 15) is 4.79 Å². The number of aromatic nitrogens is 4. The monoisotopic (exact) mass is 420 g/mol. The Labute approximate surface area is 160 Å². The summed E-state index contributed by atoms with van der Waals surface area (Å²) in [6.07, 6.45) is 7.97. The van der Waals surface area contributed by atoms with Crippen molar-refractivity contribution in [2.45, 2.75) is 61.9 Å². The van der Waals surface area contributed by atoms with E-state index in [2.05, 4.69) is 37.5 Å². The number of hydrogen-bond donors (Lipinski definition) is 0. The molecule has 0 unspecified atom stereocenters. The fourth-order valence-corrected chi connectivity index (χ4v) is 4.82. The van der Waals surface area contributed by atoms with Crippen molar-refractivity contribution in [2.75, 3.05) is 0 Å². The minimum atomic E-state index is 0.190. The van der Waals surface area contributed by atoms with Gasteiger partial charge in [0.15, 0.2) is 5.78 Å². The van der Waals surface area contributed by atoms with E-state index in [-0.39, 0.29) is 5.92 Å². The summed E-state index contributed by atoms with van der Waals surface area (Å²) in [5.74, 6) is 1.21. The van der Waals surface area contributed by atoms with Crippen LogP contribution >= 0.6 is 27.7 Å². The van der Waals surface area contributed by atoms with Crippen LogP contribution in [0.15, 0.2) is 27.8 Å². The van der Waals surface area contributed by atoms with Crippen molar-refractivity contribution in [3.63, 3.8) is 0 Å². The van der Waals surface area contributed by atoms with E-state index in [0.29, 0.717) is 17.6 Å². The largest absolute Gasteiger partial charge is 0.294 e. The number of benzene rings is 1. The molecule has 5 nitrogen and oxygen atoms in total. The summed E-state index contributed by atoms with van der Waals surface area (Å²) in [5.41, 5.74) is 1.94. The highest BCUT2D eigenvalue weighted by atomic mass is 79.9. The number of carbonyl (C=O) groups is 1. The summed E-state index contributed by atoms with van der Waals surface area (Å²) in [7, 11) is 0. The van der Waals surface area contributed by atoms with Gasteiger partial charge in [0.2, 0.25) is 5.16 Å². The standard InChI is InChI=1S/C18H21BrN4OS/c19-14-6-9-16(17(24)12-4-2-1-3-5-12)13(10-14)11-25-18-20-21-22-23(18)15-7-8-15/h6,9-10,12,15H,1-5,7-8,11H2. The minimum Gasteiger partial charge on any atom is -0.294 e. The molecule has 0 atom stereocenters. The van der Waals surface area contributed by atoms with E-state index < -0.39 is 0 Å². The van der Waals surface area contributed by atoms with Gasteiger partial charge in [0, 0.05) is 21.7 Å². The van der Waals surface area contributed by atoms with E-state index in [1.54, 1.807) is 11.8 Å². The van der Waals surface area contributed by atoms with Gasteiger partial charge in [-0.05, 0) is 59.9 Å². The van der Waals surface area contributed by atoms with Gasteiger partial charge >= 0.3 is 0 Å². The average molecular weight is 421 g/mol. The highest BCUT2D eigenvalue weighted by molar-refractivity contribution is 9.10. The van der Waals surface area contributed by atoms with Crippen LogP contribution in [0.3, 0.4) is 0 Å². The molecule has 0 bridgehead atoms. The Morgan fingerprint density at radius 3 is 2.76 bits per heavy atom. The lowest BCUT2D eigenvalue weighted by molar-refractivity contribution is 0.0889. The molecule has 0 saturated heterocycles. The molecule has 2 fully saturated rings. The average Bonchev–Trinajstić information content (AvgIpc) is 3.38. The third-order valence-electron chi connectivity index (χ3n) is 5.02. The van der Waals surface area contributed by atoms with Gasteiger partial charge in [-0.3, -0.25) is 4.79 Å². The van der Waals surface area contributed by atoms with Crippen molar-refractivity contribution >= 4 is 33.5 Å². The molecule has 2 aliphatic carbocycles. The number of tetrazole rings is 1. The molecule has 0 N–H and O–H groups in total. The second kappa shape index (κ2) is 7.58. The Kier molecular flexibility index (Phi) is 5.22. The fraction of sp³-hybridized carbons (Fsp3) is 0.556. The molecule has 0 spiro atoms. The molecule has 4 rings (SSSR count). The fourth-order valence-electron chi connectivity index (χ4n) is 3.48. The molecule has 2 saturated carbocycles. The molecule has 132 valence electrons. The molecule has 1 aromatic heterocycles. The van der Waals surface area contributed by atoms with Crippen molar-refractivity contribution in [1.29, 1.82) is 0 Å². The molecule has 0 radical (unpaired) electrons. The predicted molar refractivity (Wildman–Crippen MR) is 101 cm³/mol. The zero-order chi connectivity index (χ0) is 17.2. The number of thioether (sulfide) groups is 1. The lowest BCUT2D eigenvalue weighted by Gasteiger charge is -2.21. The van der Waals surface area contributed by atoms with Gasteiger partial charge in [0.25, 0.3) is 0 Å². The van der Waals surface area contributed by atoms with E-state index in [0.717, 1.165) is 46.4 Å². The zero-order valence-electron chi connectivity index (χ0n) is 14.0. The number of rotatable bonds is 6. The third kappa shape index (κ3) is 3.97. The topological polar surface area (TPSA) is 60.7 Å². The summed E-state index contributed by atoms with van der Waals surface area (Å²) in [5, 5.41) is 12.9. The van der Waals surface area contributed by atoms with Gasteiger partial charge in [0.05, 0.1) is 6.04 Å². The summed E-state index contributed by atoms with van der Waals surface area (Å²) in [6, 6.07) is 6.47. The molecule has 2 aromatic rings. The summed E-state index contributed by atoms with van der Waals surface area (Å²) in [6.45, 7) is 0. The van der Waals surface area contributed by atoms with Crippen LogP contribution in [0.25, 0.3) is 0 Å². The number of nitrogens with zero attached hydrogens (tertiary/aromatic N) is 4. The van der Waals surface area contributed by atoms with Gasteiger partial charge in [-0.15, -0.1) is 5.10 Å². The van der Waals surface area contributed by atoms with Gasteiger partial charge < -0.3 is 0 Å². The Morgan fingerprint density at radius 1 is 1.20 bits per heavy atom. The Balaban J connectivity index is 1.52. The number of halogens is 1. The van der Waals surface area contributed by atoms with Gasteiger partial charge in [-0.2, -0.15) is 0 Å². The lowest BCUT2D eigenvalue weighted by Crippen LogP contribution is -2.19. The normalized spacial score (nSPS) is 18.4. The molecule has 0 aliphatic heterocycles. The second-order valence-corrected chi connectivity index (χ2v) is 8.78. The van der Waals surface area contributed by atoms with Crippen molar-refractivity contribution in [3.05, 3.63) is 33.8 Å². The van der Waals surface area contributed by atoms with Crippen LogP contribution in [-0.2, 0) is 5.75 Å². The molecule has 0 amide bonds. The molecule has 25 heavy (non-hydrogen) atoms. The first kappa shape index (κ1) is 17.2. The van der Waals surface area contributed by atoms with Crippen LogP contribution < -0.4 is 0 Å². The number of carbonyl (C=O) groups excluding carboxylic acids is 1. The second-order valence-electron chi connectivity index (χ2n) is 6.93. The van der Waals surface area contributed by atoms with Crippen LogP contribution in [0.4, 0.5) is 0 Å². The van der Waals surface area contributed by atoms with Gasteiger partial charge in [0.1, 0.15) is 0 Å². The van der Waals surface area contributed by atoms with E-state index in [1.807, 2.05) is 16.8 Å². The Morgan fingerprint density at radius 2 is 2.00 bits per heavy atom. The Hall–Kier alpha value is -1.21. The first-order valence-corrected chi connectivity index (χ1v) is 10.7. The smallest absolute Gasteiger partial charge is 0.209 e. The summed E-state index contributed by atoms with van der Waals surface area (Å²) < 4.78 is 2.93. The SMILES string of the molecule is O=C(c1ccc(Br)cc1CSc1nnnn1C1CC1)C1CCCCC1. The summed E-state index contributed by atoms with van der Waals surface area (Å²) in [4.78, 5) is 13.0. The van der Waals surface area contributed by atoms with E-state index in [1.165, 1.54) is 19.3 Å². The van der Waals surface area contributed by atoms with Crippen molar-refractivity contribution in [3.8, 4) is 0 Å². The van der Waals surface area contributed by atoms with E-state index >= 15 is 0 Å². The summed E-state index contributed by atoms with van der Waals surface area (Å²) >= 11 is 5.16. The Bertz CT molecular complexity index is 768. The molecular formula is C18H21BrN4OS. The molecule has 1 aromatic carbocycles. The van der Waals surface area contributed by atoms with Gasteiger partial charge in [-0.25, -0.2) is 4.68 Å². The zero-order valence-corrected chi connectivity index (χ0v) is 16.4. The maximum absolute atomic E-state index is 13.0.